The molecule has 5 heteroatoms. The summed E-state index contributed by atoms with van der Waals surface area (Å²) in [6, 6.07) is 14.0. The van der Waals surface area contributed by atoms with Crippen LogP contribution in [-0.2, 0) is 0 Å². The predicted octanol–water partition coefficient (Wildman–Crippen LogP) is 3.70. The van der Waals surface area contributed by atoms with Crippen LogP contribution in [0.15, 0.2) is 48.5 Å². The van der Waals surface area contributed by atoms with Gasteiger partial charge in [-0.05, 0) is 31.2 Å². The first kappa shape index (κ1) is 14.7. The number of hydrogen-bond acceptors (Lipinski definition) is 4. The van der Waals surface area contributed by atoms with Gasteiger partial charge in [0.1, 0.15) is 5.75 Å². The van der Waals surface area contributed by atoms with Gasteiger partial charge in [0.05, 0.1) is 13.7 Å². The van der Waals surface area contributed by atoms with Crippen molar-refractivity contribution in [2.45, 2.75) is 6.92 Å². The van der Waals surface area contributed by atoms with Crippen molar-refractivity contribution in [3.05, 3.63) is 48.5 Å². The molecule has 1 amide bonds. The number of hydrogen-bond donors (Lipinski definition) is 1. The molecular weight excluding hydrogens is 270 g/mol. The fraction of sp³-hybridized carbons (Fsp3) is 0.188. The highest BCUT2D eigenvalue weighted by Crippen LogP contribution is 2.30. The van der Waals surface area contributed by atoms with Gasteiger partial charge in [-0.25, -0.2) is 4.79 Å². The molecule has 5 nitrogen and oxygen atoms in total. The second-order valence-electron chi connectivity index (χ2n) is 4.13. The van der Waals surface area contributed by atoms with Crippen LogP contribution in [0, 0.1) is 0 Å². The fourth-order valence-corrected chi connectivity index (χ4v) is 1.76. The molecule has 0 unspecified atom stereocenters. The number of rotatable bonds is 5. The summed E-state index contributed by atoms with van der Waals surface area (Å²) in [5, 5.41) is 2.64. The van der Waals surface area contributed by atoms with Crippen LogP contribution in [0.3, 0.4) is 0 Å². The van der Waals surface area contributed by atoms with E-state index in [-0.39, 0.29) is 0 Å². The summed E-state index contributed by atoms with van der Waals surface area (Å²) in [5.74, 6) is 1.66. The lowest BCUT2D eigenvalue weighted by Crippen LogP contribution is -2.16. The van der Waals surface area contributed by atoms with Crippen molar-refractivity contribution >= 4 is 11.8 Å². The first-order chi connectivity index (χ1) is 10.2. The number of ether oxygens (including phenoxy) is 3. The van der Waals surface area contributed by atoms with E-state index in [1.165, 1.54) is 0 Å². The van der Waals surface area contributed by atoms with E-state index < -0.39 is 6.09 Å². The van der Waals surface area contributed by atoms with Crippen molar-refractivity contribution in [3.63, 3.8) is 0 Å². The van der Waals surface area contributed by atoms with Crippen LogP contribution in [0.2, 0.25) is 0 Å². The highest BCUT2D eigenvalue weighted by atomic mass is 16.6. The quantitative estimate of drug-likeness (QED) is 0.911. The maximum atomic E-state index is 11.8. The van der Waals surface area contributed by atoms with Crippen LogP contribution >= 0.6 is 0 Å². The normalized spacial score (nSPS) is 9.81. The lowest BCUT2D eigenvalue weighted by molar-refractivity contribution is 0.215. The molecule has 0 aliphatic heterocycles. The Hall–Kier alpha value is -2.69. The molecule has 1 N–H and O–H groups in total. The third kappa shape index (κ3) is 4.14. The Bertz CT molecular complexity index is 598. The second-order valence-corrected chi connectivity index (χ2v) is 4.13. The number of carbonyl (C=O) groups excluding carboxylic acids is 1. The standard InChI is InChI=1S/C16H17NO4/c1-3-20-14-10-9-12(11-15(14)19-2)17-16(18)21-13-7-5-4-6-8-13/h4-11H,3H2,1-2H3,(H,17,18). The number of amides is 1. The molecule has 0 spiro atoms. The monoisotopic (exact) mass is 287 g/mol. The average Bonchev–Trinajstić information content (AvgIpc) is 2.50. The van der Waals surface area contributed by atoms with Gasteiger partial charge in [0.2, 0.25) is 0 Å². The highest BCUT2D eigenvalue weighted by Gasteiger charge is 2.09. The van der Waals surface area contributed by atoms with Gasteiger partial charge in [-0.3, -0.25) is 5.32 Å². The van der Waals surface area contributed by atoms with Crippen molar-refractivity contribution in [1.82, 2.24) is 0 Å². The summed E-state index contributed by atoms with van der Waals surface area (Å²) >= 11 is 0. The molecular formula is C16H17NO4. The molecule has 0 saturated heterocycles. The molecule has 0 aromatic heterocycles. The topological polar surface area (TPSA) is 56.8 Å². The molecule has 0 radical (unpaired) electrons. The maximum Gasteiger partial charge on any atom is 0.417 e. The summed E-state index contributed by atoms with van der Waals surface area (Å²) in [5.41, 5.74) is 0.566. The Kier molecular flexibility index (Phi) is 5.04. The third-order valence-corrected chi connectivity index (χ3v) is 2.66. The van der Waals surface area contributed by atoms with Gasteiger partial charge in [0.15, 0.2) is 11.5 Å². The lowest BCUT2D eigenvalue weighted by Gasteiger charge is -2.11. The molecule has 0 atom stereocenters. The fourth-order valence-electron chi connectivity index (χ4n) is 1.76. The molecule has 2 aromatic carbocycles. The predicted molar refractivity (Wildman–Crippen MR) is 80.3 cm³/mol. The van der Waals surface area contributed by atoms with Crippen LogP contribution in [0.25, 0.3) is 0 Å². The summed E-state index contributed by atoms with van der Waals surface area (Å²) < 4.78 is 15.8. The number of para-hydroxylation sites is 1. The number of carbonyl (C=O) groups is 1. The van der Waals surface area contributed by atoms with E-state index in [1.54, 1.807) is 49.6 Å². The van der Waals surface area contributed by atoms with Gasteiger partial charge >= 0.3 is 6.09 Å². The minimum atomic E-state index is -0.563. The summed E-state index contributed by atoms with van der Waals surface area (Å²) in [6.45, 7) is 2.43. The van der Waals surface area contributed by atoms with Crippen molar-refractivity contribution in [3.8, 4) is 17.2 Å². The van der Waals surface area contributed by atoms with Gasteiger partial charge in [-0.2, -0.15) is 0 Å². The zero-order valence-corrected chi connectivity index (χ0v) is 12.0. The molecule has 2 rings (SSSR count). The SMILES string of the molecule is CCOc1ccc(NC(=O)Oc2ccccc2)cc1OC. The van der Waals surface area contributed by atoms with Crippen molar-refractivity contribution < 1.29 is 19.0 Å². The Morgan fingerprint density at radius 2 is 1.86 bits per heavy atom. The molecule has 0 aliphatic rings. The van der Waals surface area contributed by atoms with E-state index >= 15 is 0 Å². The molecule has 0 aliphatic carbocycles. The minimum Gasteiger partial charge on any atom is -0.493 e. The Morgan fingerprint density at radius 3 is 2.52 bits per heavy atom. The van der Waals surface area contributed by atoms with Crippen molar-refractivity contribution in [2.75, 3.05) is 19.0 Å². The Morgan fingerprint density at radius 1 is 1.10 bits per heavy atom. The molecule has 0 saturated carbocycles. The second kappa shape index (κ2) is 7.19. The number of benzene rings is 2. The third-order valence-electron chi connectivity index (χ3n) is 2.66. The summed E-state index contributed by atoms with van der Waals surface area (Å²) in [6.07, 6.45) is -0.563. The van der Waals surface area contributed by atoms with E-state index in [2.05, 4.69) is 5.32 Å². The first-order valence-corrected chi connectivity index (χ1v) is 6.57. The van der Waals surface area contributed by atoms with Gasteiger partial charge < -0.3 is 14.2 Å². The Balaban J connectivity index is 2.04. The Labute approximate surface area is 123 Å². The van der Waals surface area contributed by atoms with Gasteiger partial charge in [0, 0.05) is 11.8 Å². The van der Waals surface area contributed by atoms with Crippen LogP contribution in [-0.4, -0.2) is 19.8 Å². The zero-order chi connectivity index (χ0) is 15.1. The van der Waals surface area contributed by atoms with Crippen LogP contribution in [0.1, 0.15) is 6.92 Å². The van der Waals surface area contributed by atoms with Crippen LogP contribution < -0.4 is 19.5 Å². The smallest absolute Gasteiger partial charge is 0.417 e. The molecule has 0 fully saturated rings. The van der Waals surface area contributed by atoms with E-state index in [9.17, 15) is 4.79 Å². The average molecular weight is 287 g/mol. The minimum absolute atomic E-state index is 0.480. The summed E-state index contributed by atoms with van der Waals surface area (Å²) in [4.78, 5) is 11.8. The van der Waals surface area contributed by atoms with E-state index in [0.717, 1.165) is 0 Å². The number of anilines is 1. The van der Waals surface area contributed by atoms with Gasteiger partial charge in [0.25, 0.3) is 0 Å². The van der Waals surface area contributed by atoms with Crippen LogP contribution in [0.5, 0.6) is 17.2 Å². The lowest BCUT2D eigenvalue weighted by atomic mass is 10.3. The maximum absolute atomic E-state index is 11.8. The molecule has 0 bridgehead atoms. The van der Waals surface area contributed by atoms with Crippen molar-refractivity contribution in [1.29, 1.82) is 0 Å². The van der Waals surface area contributed by atoms with Gasteiger partial charge in [-0.15, -0.1) is 0 Å². The highest BCUT2D eigenvalue weighted by molar-refractivity contribution is 5.86. The van der Waals surface area contributed by atoms with E-state index in [1.807, 2.05) is 13.0 Å². The zero-order valence-electron chi connectivity index (χ0n) is 12.0. The number of nitrogens with one attached hydrogen (secondary N) is 1. The first-order valence-electron chi connectivity index (χ1n) is 6.57. The van der Waals surface area contributed by atoms with E-state index in [4.69, 9.17) is 14.2 Å². The summed E-state index contributed by atoms with van der Waals surface area (Å²) in [7, 11) is 1.55. The number of methoxy groups -OCH3 is 1. The van der Waals surface area contributed by atoms with Crippen LogP contribution in [0.4, 0.5) is 10.5 Å². The molecule has 21 heavy (non-hydrogen) atoms. The molecule has 110 valence electrons. The largest absolute Gasteiger partial charge is 0.493 e. The molecule has 2 aromatic rings. The van der Waals surface area contributed by atoms with Crippen molar-refractivity contribution in [2.24, 2.45) is 0 Å². The molecule has 0 heterocycles. The van der Waals surface area contributed by atoms with E-state index in [0.29, 0.717) is 29.5 Å². The van der Waals surface area contributed by atoms with Gasteiger partial charge in [-0.1, -0.05) is 18.2 Å².